The van der Waals surface area contributed by atoms with Gasteiger partial charge in [0.05, 0.1) is 16.9 Å². The Balaban J connectivity index is 1.65. The molecule has 2 aliphatic rings. The lowest BCUT2D eigenvalue weighted by Gasteiger charge is -2.28. The largest absolute Gasteiger partial charge is 0.500 e. The molecule has 6 nitrogen and oxygen atoms in total. The highest BCUT2D eigenvalue weighted by molar-refractivity contribution is 8.40. The van der Waals surface area contributed by atoms with Crippen LogP contribution in [-0.2, 0) is 18.0 Å². The van der Waals surface area contributed by atoms with Crippen LogP contribution in [0.15, 0.2) is 26.8 Å². The van der Waals surface area contributed by atoms with Gasteiger partial charge in [0.2, 0.25) is 0 Å². The summed E-state index contributed by atoms with van der Waals surface area (Å²) >= 11 is 11.0. The summed E-state index contributed by atoms with van der Waals surface area (Å²) in [6, 6.07) is 0.670. The Hall–Kier alpha value is 0.687. The van der Waals surface area contributed by atoms with E-state index in [2.05, 4.69) is 25.4 Å². The second kappa shape index (κ2) is 16.5. The van der Waals surface area contributed by atoms with Gasteiger partial charge in [-0.3, -0.25) is 0 Å². The molecule has 0 bridgehead atoms. The molecule has 13 heteroatoms. The van der Waals surface area contributed by atoms with Crippen LogP contribution >= 0.6 is 70.6 Å². The molecule has 2 aliphatic heterocycles. The average molecular weight is 602 g/mol. The number of hydrogen-bond donors (Lipinski definition) is 1. The molecule has 34 heavy (non-hydrogen) atoms. The normalized spacial score (nSPS) is 18.9. The van der Waals surface area contributed by atoms with Gasteiger partial charge in [0.25, 0.3) is 0 Å². The molecular weight excluding hydrogens is 567 g/mol. The maximum atomic E-state index is 12.1. The summed E-state index contributed by atoms with van der Waals surface area (Å²) in [4.78, 5) is 14.8. The third kappa shape index (κ3) is 9.86. The topological polar surface area (TPSA) is 66.0 Å². The minimum atomic E-state index is -2.66. The molecule has 0 spiro atoms. The minimum Gasteiger partial charge on any atom is -0.449 e. The zero-order chi connectivity index (χ0) is 25.0. The van der Waals surface area contributed by atoms with E-state index >= 15 is 0 Å². The molecule has 2 heterocycles. The summed E-state index contributed by atoms with van der Waals surface area (Å²) in [7, 11) is -2.66. The third-order valence-corrected chi connectivity index (χ3v) is 16.1. The molecule has 1 N–H and O–H groups in total. The number of rotatable bonds is 15. The van der Waals surface area contributed by atoms with Crippen LogP contribution in [0.3, 0.4) is 0 Å². The van der Waals surface area contributed by atoms with Crippen LogP contribution in [0.1, 0.15) is 41.0 Å². The maximum absolute atomic E-state index is 12.1. The van der Waals surface area contributed by atoms with E-state index in [0.29, 0.717) is 39.0 Å². The molecule has 0 aromatic carbocycles. The standard InChI is InChI=1S/C21H35NO5S6Si/c1-7-25-34(26-8-2,27-9-3)14-10-11-22-21(23)24-12-13-29-18-16(5)31-20(33-18)19-30-15(4)17(28-6)32-19/h7-14H2,1-6H3,(H,22,23)/b20-19-. The van der Waals surface area contributed by atoms with E-state index in [1.165, 1.54) is 26.8 Å². The van der Waals surface area contributed by atoms with Crippen LogP contribution < -0.4 is 5.32 Å². The quantitative estimate of drug-likeness (QED) is 0.148. The Morgan fingerprint density at radius 2 is 1.47 bits per heavy atom. The van der Waals surface area contributed by atoms with Gasteiger partial charge in [0, 0.05) is 48.0 Å². The summed E-state index contributed by atoms with van der Waals surface area (Å²) in [5.41, 5.74) is 0. The molecule has 0 fully saturated rings. The number of nitrogens with one attached hydrogen (secondary N) is 1. The van der Waals surface area contributed by atoms with Crippen molar-refractivity contribution in [2.45, 2.75) is 47.1 Å². The molecule has 2 rings (SSSR count). The predicted molar refractivity (Wildman–Crippen MR) is 158 cm³/mol. The van der Waals surface area contributed by atoms with Crippen LogP contribution in [0, 0.1) is 0 Å². The fraction of sp³-hybridized carbons (Fsp3) is 0.667. The summed E-state index contributed by atoms with van der Waals surface area (Å²) in [6.45, 7) is 12.7. The van der Waals surface area contributed by atoms with Gasteiger partial charge in [-0.15, -0.1) is 23.5 Å². The number of allylic oxidation sites excluding steroid dienone is 2. The van der Waals surface area contributed by atoms with Crippen molar-refractivity contribution in [3.8, 4) is 0 Å². The smallest absolute Gasteiger partial charge is 0.449 e. The maximum Gasteiger partial charge on any atom is 0.500 e. The summed E-state index contributed by atoms with van der Waals surface area (Å²) in [5, 5.41) is 2.82. The Morgan fingerprint density at radius 3 is 2.00 bits per heavy atom. The van der Waals surface area contributed by atoms with Gasteiger partial charge in [-0.2, -0.15) is 0 Å². The van der Waals surface area contributed by atoms with E-state index in [1.807, 2.05) is 79.6 Å². The van der Waals surface area contributed by atoms with Crippen molar-refractivity contribution in [1.82, 2.24) is 5.32 Å². The lowest BCUT2D eigenvalue weighted by Crippen LogP contribution is -2.46. The molecule has 0 atom stereocenters. The highest BCUT2D eigenvalue weighted by Gasteiger charge is 2.39. The van der Waals surface area contributed by atoms with Gasteiger partial charge < -0.3 is 23.3 Å². The highest BCUT2D eigenvalue weighted by atomic mass is 32.2. The van der Waals surface area contributed by atoms with E-state index in [1.54, 1.807) is 11.8 Å². The lowest BCUT2D eigenvalue weighted by molar-refractivity contribution is 0.0707. The van der Waals surface area contributed by atoms with E-state index < -0.39 is 8.80 Å². The van der Waals surface area contributed by atoms with Crippen LogP contribution in [-0.4, -0.2) is 59.9 Å². The second-order valence-electron chi connectivity index (χ2n) is 6.87. The number of thioether (sulfide) groups is 6. The van der Waals surface area contributed by atoms with Crippen molar-refractivity contribution in [2.24, 2.45) is 0 Å². The van der Waals surface area contributed by atoms with Gasteiger partial charge in [-0.1, -0.05) is 47.0 Å². The van der Waals surface area contributed by atoms with Crippen LogP contribution in [0.4, 0.5) is 4.79 Å². The molecule has 0 saturated carbocycles. The number of carbonyl (C=O) groups excluding carboxylic acids is 1. The Bertz CT molecular complexity index is 775. The zero-order valence-electron chi connectivity index (χ0n) is 20.6. The van der Waals surface area contributed by atoms with Crippen molar-refractivity contribution in [3.63, 3.8) is 0 Å². The minimum absolute atomic E-state index is 0.376. The summed E-state index contributed by atoms with van der Waals surface area (Å²) in [6.07, 6.45) is 2.47. The van der Waals surface area contributed by atoms with Crippen LogP contribution in [0.25, 0.3) is 0 Å². The second-order valence-corrected chi connectivity index (χ2v) is 17.0. The number of carbonyl (C=O) groups is 1. The van der Waals surface area contributed by atoms with E-state index in [4.69, 9.17) is 18.0 Å². The van der Waals surface area contributed by atoms with Gasteiger partial charge in [-0.05, 0) is 47.3 Å². The fourth-order valence-corrected chi connectivity index (χ4v) is 13.5. The molecule has 0 aromatic rings. The first-order valence-corrected chi connectivity index (χ1v) is 18.7. The molecule has 0 radical (unpaired) electrons. The first-order valence-electron chi connectivity index (χ1n) is 11.2. The molecule has 0 aromatic heterocycles. The van der Waals surface area contributed by atoms with Gasteiger partial charge in [0.1, 0.15) is 6.61 Å². The first-order chi connectivity index (χ1) is 16.4. The lowest BCUT2D eigenvalue weighted by atomic mass is 10.5. The van der Waals surface area contributed by atoms with Gasteiger partial charge in [-0.25, -0.2) is 4.79 Å². The number of amides is 1. The van der Waals surface area contributed by atoms with E-state index in [-0.39, 0.29) is 6.09 Å². The predicted octanol–water partition coefficient (Wildman–Crippen LogP) is 7.71. The average Bonchev–Trinajstić information content (AvgIpc) is 3.37. The SMILES string of the molecule is CCO[Si](CCCNC(=O)OCCSC1=C(C)S/C(=C2\SC(C)=C(SC)S2)S1)(OCC)OCC. The number of alkyl carbamates (subject to hydrolysis) is 1. The number of hydrogen-bond acceptors (Lipinski definition) is 11. The number of ether oxygens (including phenoxy) is 1. The van der Waals surface area contributed by atoms with Gasteiger partial charge >= 0.3 is 14.9 Å². The summed E-state index contributed by atoms with van der Waals surface area (Å²) in [5.74, 6) is 0.735. The van der Waals surface area contributed by atoms with Crippen molar-refractivity contribution in [3.05, 3.63) is 26.8 Å². The van der Waals surface area contributed by atoms with Gasteiger partial charge in [0.15, 0.2) is 0 Å². The Morgan fingerprint density at radius 1 is 0.912 bits per heavy atom. The zero-order valence-corrected chi connectivity index (χ0v) is 26.5. The molecular formula is C21H35NO5S6Si. The first kappa shape index (κ1) is 30.9. The molecule has 0 aliphatic carbocycles. The Labute approximate surface area is 231 Å². The third-order valence-electron chi connectivity index (χ3n) is 4.36. The van der Waals surface area contributed by atoms with Crippen LogP contribution in [0.2, 0.25) is 6.04 Å². The highest BCUT2D eigenvalue weighted by Crippen LogP contribution is 2.62. The fourth-order valence-electron chi connectivity index (χ4n) is 3.01. The molecule has 1 amide bonds. The van der Waals surface area contributed by atoms with Crippen molar-refractivity contribution in [2.75, 3.05) is 45.0 Å². The summed E-state index contributed by atoms with van der Waals surface area (Å²) < 4.78 is 28.3. The Kier molecular flexibility index (Phi) is 15.0. The van der Waals surface area contributed by atoms with E-state index in [9.17, 15) is 4.79 Å². The monoisotopic (exact) mass is 601 g/mol. The van der Waals surface area contributed by atoms with Crippen LogP contribution in [0.5, 0.6) is 0 Å². The molecule has 194 valence electrons. The van der Waals surface area contributed by atoms with Crippen molar-refractivity contribution in [1.29, 1.82) is 0 Å². The molecule has 0 unspecified atom stereocenters. The van der Waals surface area contributed by atoms with Crippen molar-refractivity contribution >= 4 is 85.5 Å². The van der Waals surface area contributed by atoms with Crippen molar-refractivity contribution < 1.29 is 22.8 Å². The van der Waals surface area contributed by atoms with E-state index in [0.717, 1.165) is 12.2 Å². The molecule has 0 saturated heterocycles.